The van der Waals surface area contributed by atoms with E-state index < -0.39 is 0 Å². The molecule has 1 heterocycles. The first-order valence-electron chi connectivity index (χ1n) is 13.1. The van der Waals surface area contributed by atoms with Crippen LogP contribution in [0.5, 0.6) is 23.0 Å². The molecule has 0 fully saturated rings. The summed E-state index contributed by atoms with van der Waals surface area (Å²) in [5.41, 5.74) is 3.88. The quantitative estimate of drug-likeness (QED) is 0.128. The molecule has 1 aliphatic rings. The summed E-state index contributed by atoms with van der Waals surface area (Å²) in [6, 6.07) is 6.99. The molecule has 39 heavy (non-hydrogen) atoms. The lowest BCUT2D eigenvalue weighted by atomic mass is 10.1. The SMILES string of the molecule is C#CCOc1cc(C(=O)N2C=C(C)CC2C=C)c(C)cc1OCCCCCOc1cc(C)c(C=O)cc1OC. The molecule has 1 atom stereocenters. The number of benzene rings is 2. The Morgan fingerprint density at radius 3 is 2.26 bits per heavy atom. The molecule has 1 aliphatic heterocycles. The standard InChI is InChI=1S/C32H37NO6/c1-7-12-37-31-19-27(32(35)33-20-22(3)15-26(33)8-2)24(5)17-30(31)39-14-11-9-10-13-38-29-16-23(4)25(21-34)18-28(29)36-6/h1,8,16-21,26H,2,9-15H2,3-6H3. The van der Waals surface area contributed by atoms with Gasteiger partial charge in [-0.3, -0.25) is 9.59 Å². The Kier molecular flexibility index (Phi) is 10.6. The minimum Gasteiger partial charge on any atom is -0.493 e. The minimum atomic E-state index is -0.112. The van der Waals surface area contributed by atoms with E-state index in [1.54, 1.807) is 30.2 Å². The normalized spacial score (nSPS) is 14.3. The Morgan fingerprint density at radius 1 is 1.00 bits per heavy atom. The lowest BCUT2D eigenvalue weighted by Crippen LogP contribution is -2.31. The molecule has 1 unspecified atom stereocenters. The van der Waals surface area contributed by atoms with Gasteiger partial charge in [-0.05, 0) is 81.8 Å². The molecular formula is C32H37NO6. The van der Waals surface area contributed by atoms with Crippen LogP contribution in [0.25, 0.3) is 0 Å². The van der Waals surface area contributed by atoms with E-state index in [2.05, 4.69) is 12.5 Å². The van der Waals surface area contributed by atoms with Gasteiger partial charge in [-0.2, -0.15) is 0 Å². The van der Waals surface area contributed by atoms with Gasteiger partial charge in [0.15, 0.2) is 23.0 Å². The van der Waals surface area contributed by atoms with E-state index in [1.165, 1.54) is 0 Å². The molecule has 0 bridgehead atoms. The highest BCUT2D eigenvalue weighted by Gasteiger charge is 2.28. The molecule has 7 nitrogen and oxygen atoms in total. The second-order valence-corrected chi connectivity index (χ2v) is 9.54. The van der Waals surface area contributed by atoms with Crippen LogP contribution in [-0.4, -0.2) is 50.1 Å². The van der Waals surface area contributed by atoms with Crippen LogP contribution >= 0.6 is 0 Å². The van der Waals surface area contributed by atoms with Gasteiger partial charge >= 0.3 is 0 Å². The maximum Gasteiger partial charge on any atom is 0.258 e. The Morgan fingerprint density at radius 2 is 1.64 bits per heavy atom. The van der Waals surface area contributed by atoms with E-state index in [0.717, 1.165) is 48.7 Å². The first-order valence-corrected chi connectivity index (χ1v) is 13.1. The molecule has 0 aliphatic carbocycles. The van der Waals surface area contributed by atoms with Gasteiger partial charge in [0.2, 0.25) is 0 Å². The first-order chi connectivity index (χ1) is 18.8. The number of amides is 1. The zero-order valence-electron chi connectivity index (χ0n) is 23.2. The van der Waals surface area contributed by atoms with Crippen molar-refractivity contribution in [3.8, 4) is 35.3 Å². The maximum absolute atomic E-state index is 13.3. The van der Waals surface area contributed by atoms with Gasteiger partial charge in [0.25, 0.3) is 5.91 Å². The van der Waals surface area contributed by atoms with E-state index in [1.807, 2.05) is 39.1 Å². The molecule has 0 N–H and O–H groups in total. The third kappa shape index (κ3) is 7.44. The monoisotopic (exact) mass is 531 g/mol. The lowest BCUT2D eigenvalue weighted by molar-refractivity contribution is 0.0805. The number of hydrogen-bond donors (Lipinski definition) is 0. The van der Waals surface area contributed by atoms with E-state index in [9.17, 15) is 9.59 Å². The number of unbranched alkanes of at least 4 members (excludes halogenated alkanes) is 2. The van der Waals surface area contributed by atoms with Crippen molar-refractivity contribution >= 4 is 12.2 Å². The molecule has 0 saturated carbocycles. The largest absolute Gasteiger partial charge is 0.493 e. The molecule has 0 radical (unpaired) electrons. The summed E-state index contributed by atoms with van der Waals surface area (Å²) in [5.74, 6) is 4.52. The number of hydrogen-bond acceptors (Lipinski definition) is 6. The number of ether oxygens (including phenoxy) is 4. The van der Waals surface area contributed by atoms with Crippen molar-refractivity contribution in [2.45, 2.75) is 52.5 Å². The van der Waals surface area contributed by atoms with Gasteiger partial charge < -0.3 is 23.8 Å². The first kappa shape index (κ1) is 29.4. The Bertz CT molecular complexity index is 1270. The molecule has 0 aromatic heterocycles. The van der Waals surface area contributed by atoms with Crippen molar-refractivity contribution in [2.24, 2.45) is 0 Å². The highest BCUT2D eigenvalue weighted by Crippen LogP contribution is 2.34. The second kappa shape index (κ2) is 14.1. The van der Waals surface area contributed by atoms with Crippen molar-refractivity contribution in [3.63, 3.8) is 0 Å². The number of rotatable bonds is 14. The molecule has 2 aromatic rings. The number of carbonyl (C=O) groups is 2. The van der Waals surface area contributed by atoms with Crippen LogP contribution in [0.3, 0.4) is 0 Å². The molecular weight excluding hydrogens is 494 g/mol. The molecule has 0 spiro atoms. The fourth-order valence-corrected chi connectivity index (χ4v) is 4.42. The molecule has 3 rings (SSSR count). The van der Waals surface area contributed by atoms with Gasteiger partial charge in [0.1, 0.15) is 12.9 Å². The van der Waals surface area contributed by atoms with Crippen molar-refractivity contribution in [2.75, 3.05) is 26.9 Å². The number of aryl methyl sites for hydroxylation is 2. The molecule has 1 amide bonds. The summed E-state index contributed by atoms with van der Waals surface area (Å²) >= 11 is 0. The van der Waals surface area contributed by atoms with Crippen LogP contribution in [0.15, 0.2) is 48.7 Å². The van der Waals surface area contributed by atoms with E-state index in [0.29, 0.717) is 47.3 Å². The Labute approximate surface area is 231 Å². The zero-order valence-corrected chi connectivity index (χ0v) is 23.2. The van der Waals surface area contributed by atoms with Crippen molar-refractivity contribution in [3.05, 3.63) is 70.9 Å². The summed E-state index contributed by atoms with van der Waals surface area (Å²) in [6.07, 6.45) is 13.2. The zero-order chi connectivity index (χ0) is 28.4. The average Bonchev–Trinajstić information content (AvgIpc) is 3.32. The summed E-state index contributed by atoms with van der Waals surface area (Å²) in [6.45, 7) is 10.7. The van der Waals surface area contributed by atoms with Gasteiger partial charge in [0.05, 0.1) is 26.4 Å². The molecule has 0 saturated heterocycles. The van der Waals surface area contributed by atoms with Gasteiger partial charge in [0, 0.05) is 17.3 Å². The number of aldehydes is 1. The van der Waals surface area contributed by atoms with Gasteiger partial charge in [-0.1, -0.05) is 17.6 Å². The van der Waals surface area contributed by atoms with Crippen LogP contribution in [0.2, 0.25) is 0 Å². The van der Waals surface area contributed by atoms with Crippen LogP contribution in [0.1, 0.15) is 64.4 Å². The fraction of sp³-hybridized carbons (Fsp3) is 0.375. The van der Waals surface area contributed by atoms with E-state index in [4.69, 9.17) is 25.4 Å². The Balaban J connectivity index is 1.57. The van der Waals surface area contributed by atoms with Crippen molar-refractivity contribution in [1.82, 2.24) is 4.90 Å². The number of carbonyl (C=O) groups excluding carboxylic acids is 2. The van der Waals surface area contributed by atoms with E-state index in [-0.39, 0.29) is 18.6 Å². The Hall–Kier alpha value is -4.18. The summed E-state index contributed by atoms with van der Waals surface area (Å²) in [7, 11) is 1.55. The van der Waals surface area contributed by atoms with Crippen molar-refractivity contribution < 1.29 is 28.5 Å². The highest BCUT2D eigenvalue weighted by molar-refractivity contribution is 5.97. The third-order valence-corrected chi connectivity index (χ3v) is 6.57. The molecule has 206 valence electrons. The minimum absolute atomic E-state index is 0.0623. The topological polar surface area (TPSA) is 74.3 Å². The van der Waals surface area contributed by atoms with Gasteiger partial charge in [-0.25, -0.2) is 0 Å². The summed E-state index contributed by atoms with van der Waals surface area (Å²) < 4.78 is 23.0. The fourth-order valence-electron chi connectivity index (χ4n) is 4.42. The summed E-state index contributed by atoms with van der Waals surface area (Å²) in [5, 5.41) is 0. The summed E-state index contributed by atoms with van der Waals surface area (Å²) in [4.78, 5) is 26.2. The second-order valence-electron chi connectivity index (χ2n) is 9.54. The van der Waals surface area contributed by atoms with Crippen LogP contribution in [-0.2, 0) is 0 Å². The van der Waals surface area contributed by atoms with Crippen LogP contribution < -0.4 is 18.9 Å². The van der Waals surface area contributed by atoms with Gasteiger partial charge in [-0.15, -0.1) is 13.0 Å². The average molecular weight is 532 g/mol. The maximum atomic E-state index is 13.3. The highest BCUT2D eigenvalue weighted by atomic mass is 16.5. The molecule has 2 aromatic carbocycles. The molecule has 7 heteroatoms. The van der Waals surface area contributed by atoms with E-state index >= 15 is 0 Å². The lowest BCUT2D eigenvalue weighted by Gasteiger charge is -2.23. The number of methoxy groups -OCH3 is 1. The predicted octanol–water partition coefficient (Wildman–Crippen LogP) is 6.07. The van der Waals surface area contributed by atoms with Crippen LogP contribution in [0.4, 0.5) is 0 Å². The smallest absolute Gasteiger partial charge is 0.258 e. The van der Waals surface area contributed by atoms with Crippen molar-refractivity contribution in [1.29, 1.82) is 0 Å². The predicted molar refractivity (Wildman–Crippen MR) is 152 cm³/mol. The number of terminal acetylenes is 1. The number of nitrogens with zero attached hydrogens (tertiary/aromatic N) is 1. The van der Waals surface area contributed by atoms with Crippen LogP contribution in [0, 0.1) is 26.2 Å². The third-order valence-electron chi connectivity index (χ3n) is 6.57.